The molecule has 3 aliphatic rings. The largest absolute Gasteiger partial charge is 0.493 e. The summed E-state index contributed by atoms with van der Waals surface area (Å²) >= 11 is 3.65. The Balaban J connectivity index is 1.93. The Labute approximate surface area is 154 Å². The number of nitrogens with one attached hydrogen (secondary N) is 1. The molecule has 1 aromatic carbocycles. The molecule has 0 bridgehead atoms. The minimum absolute atomic E-state index is 0.118. The maximum absolute atomic E-state index is 10.2. The van der Waals surface area contributed by atoms with Crippen LogP contribution in [0.15, 0.2) is 27.8 Å². The zero-order valence-electron chi connectivity index (χ0n) is 13.9. The standard InChI is InChI=1S/C18H21BrN2O4/c1-24-13-8-12(19)11-6-9(17(23)21-20)2-4-18-5-3-10(22)7-14(18)25-16(13)15(11)18/h3,5,8-10,14,17,20,22-23H,2,4,6-7H2,1H3/t9?,10-,14?,17?,18?/m0/s1. The van der Waals surface area contributed by atoms with E-state index in [2.05, 4.69) is 27.1 Å². The van der Waals surface area contributed by atoms with Gasteiger partial charge in [0.05, 0.1) is 18.6 Å². The summed E-state index contributed by atoms with van der Waals surface area (Å²) < 4.78 is 12.7. The van der Waals surface area contributed by atoms with Crippen LogP contribution in [0.5, 0.6) is 11.5 Å². The Bertz CT molecular complexity index is 753. The van der Waals surface area contributed by atoms with Crippen molar-refractivity contribution >= 4 is 15.9 Å². The van der Waals surface area contributed by atoms with Crippen LogP contribution >= 0.6 is 15.9 Å². The summed E-state index contributed by atoms with van der Waals surface area (Å²) in [6, 6.07) is 1.89. The minimum atomic E-state index is -1.00. The van der Waals surface area contributed by atoms with Crippen molar-refractivity contribution < 1.29 is 19.7 Å². The van der Waals surface area contributed by atoms with Gasteiger partial charge in [-0.25, -0.2) is 5.53 Å². The second-order valence-corrected chi connectivity index (χ2v) is 7.95. The first-order valence-corrected chi connectivity index (χ1v) is 9.28. The number of aliphatic hydroxyl groups excluding tert-OH is 2. The van der Waals surface area contributed by atoms with Crippen LogP contribution in [0.25, 0.3) is 0 Å². The number of benzene rings is 1. The predicted octanol–water partition coefficient (Wildman–Crippen LogP) is 3.08. The summed E-state index contributed by atoms with van der Waals surface area (Å²) in [4.78, 5) is 0. The highest BCUT2D eigenvalue weighted by atomic mass is 79.9. The third kappa shape index (κ3) is 2.44. The lowest BCUT2D eigenvalue weighted by molar-refractivity contribution is 0.0711. The summed E-state index contributed by atoms with van der Waals surface area (Å²) in [5.74, 6) is 1.29. The van der Waals surface area contributed by atoms with E-state index in [1.54, 1.807) is 7.11 Å². The number of hydrogen-bond donors (Lipinski definition) is 3. The molecule has 1 spiro atoms. The Morgan fingerprint density at radius 3 is 3.04 bits per heavy atom. The van der Waals surface area contributed by atoms with Crippen molar-refractivity contribution in [1.82, 2.24) is 0 Å². The number of halogens is 1. The zero-order valence-corrected chi connectivity index (χ0v) is 15.5. The fourth-order valence-corrected chi connectivity index (χ4v) is 5.13. The first kappa shape index (κ1) is 17.0. The molecule has 0 amide bonds. The molecule has 3 N–H and O–H groups in total. The number of ether oxygens (including phenoxy) is 2. The van der Waals surface area contributed by atoms with Crippen LogP contribution < -0.4 is 9.47 Å². The lowest BCUT2D eigenvalue weighted by atomic mass is 9.69. The Hall–Kier alpha value is -1.44. The van der Waals surface area contributed by atoms with Crippen molar-refractivity contribution in [3.05, 3.63) is 33.8 Å². The minimum Gasteiger partial charge on any atom is -0.493 e. The Kier molecular flexibility index (Phi) is 4.13. The molecule has 1 heterocycles. The zero-order chi connectivity index (χ0) is 17.8. The van der Waals surface area contributed by atoms with Crippen LogP contribution in [-0.2, 0) is 11.8 Å². The molecule has 4 unspecified atom stereocenters. The second-order valence-electron chi connectivity index (χ2n) is 7.10. The van der Waals surface area contributed by atoms with Crippen LogP contribution in [0.4, 0.5) is 0 Å². The highest BCUT2D eigenvalue weighted by molar-refractivity contribution is 9.10. The van der Waals surface area contributed by atoms with Gasteiger partial charge in [-0.3, -0.25) is 0 Å². The second kappa shape index (κ2) is 6.07. The summed E-state index contributed by atoms with van der Waals surface area (Å²) in [5.41, 5.74) is 9.03. The molecule has 25 heavy (non-hydrogen) atoms. The van der Waals surface area contributed by atoms with Gasteiger partial charge < -0.3 is 19.7 Å². The van der Waals surface area contributed by atoms with E-state index in [4.69, 9.17) is 15.0 Å². The first-order valence-electron chi connectivity index (χ1n) is 8.48. The normalized spacial score (nSPS) is 33.7. The molecule has 5 atom stereocenters. The van der Waals surface area contributed by atoms with E-state index >= 15 is 0 Å². The molecule has 1 aromatic rings. The van der Waals surface area contributed by atoms with Gasteiger partial charge in [0.2, 0.25) is 0 Å². The molecular formula is C18H21BrN2O4. The molecule has 6 nitrogen and oxygen atoms in total. The maximum atomic E-state index is 10.2. The molecular weight excluding hydrogens is 388 g/mol. The smallest absolute Gasteiger partial charge is 0.168 e. The Morgan fingerprint density at radius 1 is 1.52 bits per heavy atom. The number of hydrogen-bond acceptors (Lipinski definition) is 6. The van der Waals surface area contributed by atoms with E-state index < -0.39 is 12.3 Å². The van der Waals surface area contributed by atoms with Crippen LogP contribution in [0, 0.1) is 11.4 Å². The van der Waals surface area contributed by atoms with E-state index in [1.807, 2.05) is 12.1 Å². The summed E-state index contributed by atoms with van der Waals surface area (Å²) in [6.07, 6.45) is 4.88. The quantitative estimate of drug-likeness (QED) is 0.528. The number of methoxy groups -OCH3 is 1. The lowest BCUT2D eigenvalue weighted by Crippen LogP contribution is -2.42. The van der Waals surface area contributed by atoms with E-state index in [1.165, 1.54) is 0 Å². The highest BCUT2D eigenvalue weighted by Crippen LogP contribution is 2.58. The van der Waals surface area contributed by atoms with Gasteiger partial charge >= 0.3 is 0 Å². The topological polar surface area (TPSA) is 95.1 Å². The predicted molar refractivity (Wildman–Crippen MR) is 94.1 cm³/mol. The maximum Gasteiger partial charge on any atom is 0.168 e. The molecule has 0 aromatic heterocycles. The molecule has 4 rings (SSSR count). The number of aliphatic hydroxyl groups is 2. The number of rotatable bonds is 3. The highest BCUT2D eigenvalue weighted by Gasteiger charge is 2.53. The summed E-state index contributed by atoms with van der Waals surface area (Å²) in [5, 5.41) is 23.6. The van der Waals surface area contributed by atoms with Crippen molar-refractivity contribution in [2.75, 3.05) is 7.11 Å². The van der Waals surface area contributed by atoms with Crippen molar-refractivity contribution in [3.8, 4) is 11.5 Å². The fourth-order valence-electron chi connectivity index (χ4n) is 4.56. The molecule has 134 valence electrons. The van der Waals surface area contributed by atoms with Crippen LogP contribution in [0.2, 0.25) is 0 Å². The molecule has 1 aliphatic heterocycles. The van der Waals surface area contributed by atoms with Crippen LogP contribution in [-0.4, -0.2) is 35.8 Å². The Morgan fingerprint density at radius 2 is 2.32 bits per heavy atom. The average molecular weight is 409 g/mol. The van der Waals surface area contributed by atoms with E-state index in [9.17, 15) is 10.2 Å². The van der Waals surface area contributed by atoms with Gasteiger partial charge in [-0.15, -0.1) is 0 Å². The van der Waals surface area contributed by atoms with Crippen LogP contribution in [0.3, 0.4) is 0 Å². The SMILES string of the molecule is COc1cc(Br)c2c3c1OC1C[C@@H](O)C=CC31CCC(C(O)N=N)C2. The van der Waals surface area contributed by atoms with Crippen molar-refractivity contribution in [1.29, 1.82) is 5.53 Å². The molecule has 7 heteroatoms. The fraction of sp³-hybridized carbons (Fsp3) is 0.556. The van der Waals surface area contributed by atoms with Gasteiger partial charge in [0.25, 0.3) is 0 Å². The van der Waals surface area contributed by atoms with Gasteiger partial charge in [-0.05, 0) is 30.9 Å². The van der Waals surface area contributed by atoms with E-state index in [0.717, 1.165) is 34.2 Å². The van der Waals surface area contributed by atoms with Gasteiger partial charge in [-0.1, -0.05) is 28.1 Å². The van der Waals surface area contributed by atoms with Crippen molar-refractivity contribution in [2.24, 2.45) is 11.0 Å². The monoisotopic (exact) mass is 408 g/mol. The van der Waals surface area contributed by atoms with E-state index in [0.29, 0.717) is 18.6 Å². The first-order chi connectivity index (χ1) is 12.0. The molecule has 2 aliphatic carbocycles. The van der Waals surface area contributed by atoms with Gasteiger partial charge in [-0.2, -0.15) is 5.11 Å². The van der Waals surface area contributed by atoms with Crippen molar-refractivity contribution in [3.63, 3.8) is 0 Å². The third-order valence-corrected chi connectivity index (χ3v) is 6.55. The molecule has 0 saturated heterocycles. The number of nitrogens with zero attached hydrogens (tertiary/aromatic N) is 1. The molecule has 0 radical (unpaired) electrons. The van der Waals surface area contributed by atoms with Crippen molar-refractivity contribution in [2.45, 2.75) is 49.5 Å². The average Bonchev–Trinajstić information content (AvgIpc) is 2.82. The van der Waals surface area contributed by atoms with Gasteiger partial charge in [0.1, 0.15) is 6.10 Å². The van der Waals surface area contributed by atoms with Crippen LogP contribution in [0.1, 0.15) is 30.4 Å². The third-order valence-electron chi connectivity index (χ3n) is 5.84. The van der Waals surface area contributed by atoms with Gasteiger partial charge in [0.15, 0.2) is 17.7 Å². The lowest BCUT2D eigenvalue weighted by Gasteiger charge is -2.36. The molecule has 0 saturated carbocycles. The summed E-state index contributed by atoms with van der Waals surface area (Å²) in [7, 11) is 1.62. The molecule has 0 fully saturated rings. The van der Waals surface area contributed by atoms with E-state index in [-0.39, 0.29) is 17.4 Å². The van der Waals surface area contributed by atoms with Gasteiger partial charge in [0, 0.05) is 22.4 Å². The summed E-state index contributed by atoms with van der Waals surface area (Å²) in [6.45, 7) is 0.